The predicted octanol–water partition coefficient (Wildman–Crippen LogP) is 6.06. The molecule has 0 spiro atoms. The SMILES string of the molecule is CCOc1ccc(NC(=O)N2CCCC(c3cccc(C(=O)Nc4ccccc4C)c3)C2)cc1. The van der Waals surface area contributed by atoms with Crippen molar-refractivity contribution in [2.75, 3.05) is 30.3 Å². The first-order chi connectivity index (χ1) is 16.5. The Bertz CT molecular complexity index is 1140. The van der Waals surface area contributed by atoms with Crippen LogP contribution in [0.2, 0.25) is 0 Å². The second-order valence-electron chi connectivity index (χ2n) is 8.57. The molecule has 0 aliphatic carbocycles. The number of urea groups is 1. The Hall–Kier alpha value is -3.80. The van der Waals surface area contributed by atoms with E-state index in [1.807, 2.05) is 91.5 Å². The molecule has 1 aliphatic rings. The molecule has 1 heterocycles. The minimum atomic E-state index is -0.128. The first kappa shape index (κ1) is 23.4. The molecule has 6 nitrogen and oxygen atoms in total. The van der Waals surface area contributed by atoms with Crippen LogP contribution in [0.3, 0.4) is 0 Å². The summed E-state index contributed by atoms with van der Waals surface area (Å²) in [5.74, 6) is 0.841. The number of carbonyl (C=O) groups is 2. The Balaban J connectivity index is 1.40. The van der Waals surface area contributed by atoms with Crippen molar-refractivity contribution in [3.63, 3.8) is 0 Å². The normalized spacial score (nSPS) is 15.5. The summed E-state index contributed by atoms with van der Waals surface area (Å²) in [5, 5.41) is 5.98. The topological polar surface area (TPSA) is 70.7 Å². The van der Waals surface area contributed by atoms with Crippen LogP contribution in [0.4, 0.5) is 16.2 Å². The maximum atomic E-state index is 12.9. The number of ether oxygens (including phenoxy) is 1. The fraction of sp³-hybridized carbons (Fsp3) is 0.286. The van der Waals surface area contributed by atoms with Gasteiger partial charge in [0.15, 0.2) is 0 Å². The van der Waals surface area contributed by atoms with Gasteiger partial charge in [0, 0.05) is 35.9 Å². The quantitative estimate of drug-likeness (QED) is 0.473. The lowest BCUT2D eigenvalue weighted by molar-refractivity contribution is 0.102. The van der Waals surface area contributed by atoms with Crippen molar-refractivity contribution >= 4 is 23.3 Å². The monoisotopic (exact) mass is 457 g/mol. The number of carbonyl (C=O) groups excluding carboxylic acids is 2. The van der Waals surface area contributed by atoms with Crippen LogP contribution in [0.25, 0.3) is 0 Å². The highest BCUT2D eigenvalue weighted by molar-refractivity contribution is 6.04. The highest BCUT2D eigenvalue weighted by Crippen LogP contribution is 2.28. The Kier molecular flexibility index (Phi) is 7.48. The number of nitrogens with zero attached hydrogens (tertiary/aromatic N) is 1. The van der Waals surface area contributed by atoms with Gasteiger partial charge in [0.1, 0.15) is 5.75 Å². The van der Waals surface area contributed by atoms with Crippen molar-refractivity contribution in [1.82, 2.24) is 4.90 Å². The van der Waals surface area contributed by atoms with E-state index in [0.717, 1.165) is 41.1 Å². The zero-order valence-corrected chi connectivity index (χ0v) is 19.7. The first-order valence-corrected chi connectivity index (χ1v) is 11.8. The number of amides is 3. The standard InChI is InChI=1S/C28H31N3O3/c1-3-34-25-15-13-24(14-16-25)29-28(33)31-17-7-11-23(19-31)21-9-6-10-22(18-21)27(32)30-26-12-5-4-8-20(26)2/h4-6,8-10,12-16,18,23H,3,7,11,17,19H2,1-2H3,(H,29,33)(H,30,32). The third kappa shape index (κ3) is 5.76. The lowest BCUT2D eigenvalue weighted by Crippen LogP contribution is -2.41. The van der Waals surface area contributed by atoms with Crippen molar-refractivity contribution < 1.29 is 14.3 Å². The number of anilines is 2. The van der Waals surface area contributed by atoms with Crippen LogP contribution in [-0.4, -0.2) is 36.5 Å². The van der Waals surface area contributed by atoms with Gasteiger partial charge in [-0.3, -0.25) is 4.79 Å². The zero-order chi connectivity index (χ0) is 23.9. The van der Waals surface area contributed by atoms with Crippen LogP contribution in [0.5, 0.6) is 5.75 Å². The number of aryl methyl sites for hydroxylation is 1. The summed E-state index contributed by atoms with van der Waals surface area (Å²) in [6.45, 7) is 5.85. The minimum Gasteiger partial charge on any atom is -0.494 e. The summed E-state index contributed by atoms with van der Waals surface area (Å²) in [5.41, 5.74) is 4.28. The molecule has 1 atom stereocenters. The molecule has 2 N–H and O–H groups in total. The molecule has 176 valence electrons. The lowest BCUT2D eigenvalue weighted by Gasteiger charge is -2.33. The summed E-state index contributed by atoms with van der Waals surface area (Å²) < 4.78 is 5.46. The minimum absolute atomic E-state index is 0.109. The number of rotatable bonds is 6. The van der Waals surface area contributed by atoms with Gasteiger partial charge in [-0.05, 0) is 80.3 Å². The number of piperidine rings is 1. The Morgan fingerprint density at radius 3 is 2.56 bits per heavy atom. The van der Waals surface area contributed by atoms with Crippen molar-refractivity contribution in [3.8, 4) is 5.75 Å². The Morgan fingerprint density at radius 1 is 1.00 bits per heavy atom. The molecule has 1 saturated heterocycles. The summed E-state index contributed by atoms with van der Waals surface area (Å²) >= 11 is 0. The van der Waals surface area contributed by atoms with Crippen LogP contribution >= 0.6 is 0 Å². The van der Waals surface area contributed by atoms with E-state index in [4.69, 9.17) is 4.74 Å². The molecule has 0 bridgehead atoms. The molecule has 6 heteroatoms. The average Bonchev–Trinajstić information content (AvgIpc) is 2.87. The van der Waals surface area contributed by atoms with E-state index in [-0.39, 0.29) is 17.9 Å². The van der Waals surface area contributed by atoms with E-state index in [2.05, 4.69) is 10.6 Å². The fourth-order valence-corrected chi connectivity index (χ4v) is 4.28. The van der Waals surface area contributed by atoms with Gasteiger partial charge in [-0.15, -0.1) is 0 Å². The van der Waals surface area contributed by atoms with Crippen molar-refractivity contribution in [2.45, 2.75) is 32.6 Å². The van der Waals surface area contributed by atoms with E-state index < -0.39 is 0 Å². The molecule has 4 rings (SSSR count). The zero-order valence-electron chi connectivity index (χ0n) is 19.7. The summed E-state index contributed by atoms with van der Waals surface area (Å²) in [6.07, 6.45) is 1.90. The van der Waals surface area contributed by atoms with Crippen LogP contribution in [0, 0.1) is 6.92 Å². The maximum absolute atomic E-state index is 12.9. The summed E-state index contributed by atoms with van der Waals surface area (Å²) in [7, 11) is 0. The van der Waals surface area contributed by atoms with E-state index in [1.165, 1.54) is 0 Å². The molecule has 1 fully saturated rings. The molecule has 1 aliphatic heterocycles. The number of hydrogen-bond donors (Lipinski definition) is 2. The number of likely N-dealkylation sites (tertiary alicyclic amines) is 1. The molecule has 34 heavy (non-hydrogen) atoms. The number of benzene rings is 3. The molecular weight excluding hydrogens is 426 g/mol. The van der Waals surface area contributed by atoms with Gasteiger partial charge >= 0.3 is 6.03 Å². The number of hydrogen-bond acceptors (Lipinski definition) is 3. The smallest absolute Gasteiger partial charge is 0.321 e. The summed E-state index contributed by atoms with van der Waals surface area (Å²) in [4.78, 5) is 27.6. The number of para-hydroxylation sites is 1. The summed E-state index contributed by atoms with van der Waals surface area (Å²) in [6, 6.07) is 22.8. The van der Waals surface area contributed by atoms with Gasteiger partial charge in [-0.2, -0.15) is 0 Å². The lowest BCUT2D eigenvalue weighted by atomic mass is 9.89. The second-order valence-corrected chi connectivity index (χ2v) is 8.57. The van der Waals surface area contributed by atoms with Gasteiger partial charge in [0.05, 0.1) is 6.61 Å². The second kappa shape index (κ2) is 10.9. The molecule has 3 amide bonds. The van der Waals surface area contributed by atoms with Gasteiger partial charge in [0.2, 0.25) is 0 Å². The van der Waals surface area contributed by atoms with Gasteiger partial charge < -0.3 is 20.3 Å². The van der Waals surface area contributed by atoms with E-state index in [1.54, 1.807) is 0 Å². The van der Waals surface area contributed by atoms with Crippen molar-refractivity contribution in [3.05, 3.63) is 89.5 Å². The maximum Gasteiger partial charge on any atom is 0.321 e. The Morgan fingerprint density at radius 2 is 1.79 bits per heavy atom. The highest BCUT2D eigenvalue weighted by Gasteiger charge is 2.25. The molecule has 0 radical (unpaired) electrons. The number of nitrogens with one attached hydrogen (secondary N) is 2. The van der Waals surface area contributed by atoms with Crippen molar-refractivity contribution in [2.24, 2.45) is 0 Å². The molecule has 0 aromatic heterocycles. The van der Waals surface area contributed by atoms with Crippen LogP contribution in [0.15, 0.2) is 72.8 Å². The van der Waals surface area contributed by atoms with Crippen molar-refractivity contribution in [1.29, 1.82) is 0 Å². The van der Waals surface area contributed by atoms with Gasteiger partial charge in [-0.25, -0.2) is 4.79 Å². The highest BCUT2D eigenvalue weighted by atomic mass is 16.5. The van der Waals surface area contributed by atoms with Gasteiger partial charge in [0.25, 0.3) is 5.91 Å². The van der Waals surface area contributed by atoms with Crippen LogP contribution in [-0.2, 0) is 0 Å². The van der Waals surface area contributed by atoms with Crippen LogP contribution in [0.1, 0.15) is 47.2 Å². The molecule has 3 aromatic rings. The average molecular weight is 458 g/mol. The molecule has 0 saturated carbocycles. The first-order valence-electron chi connectivity index (χ1n) is 11.8. The van der Waals surface area contributed by atoms with E-state index in [0.29, 0.717) is 25.3 Å². The van der Waals surface area contributed by atoms with E-state index >= 15 is 0 Å². The third-order valence-corrected chi connectivity index (χ3v) is 6.14. The largest absolute Gasteiger partial charge is 0.494 e. The third-order valence-electron chi connectivity index (χ3n) is 6.14. The molecule has 1 unspecified atom stereocenters. The van der Waals surface area contributed by atoms with Gasteiger partial charge in [-0.1, -0.05) is 30.3 Å². The molecular formula is C28H31N3O3. The fourth-order valence-electron chi connectivity index (χ4n) is 4.28. The molecule has 3 aromatic carbocycles. The van der Waals surface area contributed by atoms with E-state index in [9.17, 15) is 9.59 Å². The van der Waals surface area contributed by atoms with Crippen LogP contribution < -0.4 is 15.4 Å². The predicted molar refractivity (Wildman–Crippen MR) is 136 cm³/mol. The Labute approximate surface area is 200 Å².